The van der Waals surface area contributed by atoms with E-state index in [1.807, 2.05) is 0 Å². The van der Waals surface area contributed by atoms with E-state index < -0.39 is 0 Å². The van der Waals surface area contributed by atoms with Gasteiger partial charge in [-0.05, 0) is 36.6 Å². The molecule has 1 saturated heterocycles. The van der Waals surface area contributed by atoms with Crippen LogP contribution in [0.3, 0.4) is 0 Å². The molecule has 8 heteroatoms. The molecule has 0 unspecified atom stereocenters. The van der Waals surface area contributed by atoms with Gasteiger partial charge in [0.05, 0.1) is 11.8 Å². The van der Waals surface area contributed by atoms with Crippen molar-refractivity contribution in [3.8, 4) is 0 Å². The van der Waals surface area contributed by atoms with E-state index in [2.05, 4.69) is 34.7 Å². The minimum atomic E-state index is -0.361. The summed E-state index contributed by atoms with van der Waals surface area (Å²) in [4.78, 5) is 38.5. The van der Waals surface area contributed by atoms with Gasteiger partial charge in [-0.2, -0.15) is 0 Å². The molecule has 29 heavy (non-hydrogen) atoms. The van der Waals surface area contributed by atoms with Crippen LogP contribution in [-0.2, 0) is 14.4 Å². The molecular formula is C21H31FN4O3. The minimum Gasteiger partial charge on any atom is -0.355 e. The second kappa shape index (κ2) is 10.9. The molecule has 1 aliphatic heterocycles. The van der Waals surface area contributed by atoms with Crippen LogP contribution in [0.4, 0.5) is 10.1 Å². The summed E-state index contributed by atoms with van der Waals surface area (Å²) in [5.74, 6) is -0.998. The van der Waals surface area contributed by atoms with Gasteiger partial charge < -0.3 is 20.9 Å². The molecule has 0 bridgehead atoms. The Morgan fingerprint density at radius 1 is 1.03 bits per heavy atom. The maximum Gasteiger partial charge on any atom is 0.228 e. The predicted molar refractivity (Wildman–Crippen MR) is 110 cm³/mol. The molecule has 1 aromatic carbocycles. The number of amides is 3. The number of rotatable bonds is 8. The molecule has 1 aromatic rings. The molecule has 2 rings (SSSR count). The summed E-state index contributed by atoms with van der Waals surface area (Å²) in [7, 11) is 0. The van der Waals surface area contributed by atoms with E-state index in [9.17, 15) is 18.8 Å². The molecule has 0 aromatic heterocycles. The number of carbonyl (C=O) groups excluding carboxylic acids is 3. The van der Waals surface area contributed by atoms with Crippen molar-refractivity contribution >= 4 is 23.4 Å². The highest BCUT2D eigenvalue weighted by molar-refractivity contribution is 5.93. The summed E-state index contributed by atoms with van der Waals surface area (Å²) < 4.78 is 13.1. The maximum absolute atomic E-state index is 13.1. The Bertz CT molecular complexity index is 708. The third-order valence-corrected chi connectivity index (χ3v) is 4.80. The lowest BCUT2D eigenvalue weighted by molar-refractivity contribution is -0.130. The van der Waals surface area contributed by atoms with Crippen LogP contribution in [0.5, 0.6) is 0 Å². The van der Waals surface area contributed by atoms with E-state index in [-0.39, 0.29) is 35.4 Å². The fourth-order valence-electron chi connectivity index (χ4n) is 3.58. The molecule has 0 saturated carbocycles. The molecule has 1 fully saturated rings. The van der Waals surface area contributed by atoms with E-state index in [4.69, 9.17) is 0 Å². The first-order valence-electron chi connectivity index (χ1n) is 10.1. The Hall–Kier alpha value is -2.48. The number of halogens is 1. The lowest BCUT2D eigenvalue weighted by Crippen LogP contribution is -2.50. The topological polar surface area (TPSA) is 90.5 Å². The van der Waals surface area contributed by atoms with Gasteiger partial charge in [0, 0.05) is 45.3 Å². The van der Waals surface area contributed by atoms with E-state index in [1.54, 1.807) is 0 Å². The lowest BCUT2D eigenvalue weighted by Gasteiger charge is -2.37. The van der Waals surface area contributed by atoms with Gasteiger partial charge in [0.15, 0.2) is 0 Å². The SMILES string of the molecule is CC(=O)NCCNC(=O)[C@H]1C[C@@H](C(=O)Nc2ccc(F)cc2)CN(CC(C)C)C1. The molecule has 3 amide bonds. The standard InChI is InChI=1S/C21H31FN4O3/c1-14(2)11-26-12-16(20(28)24-9-8-23-15(3)27)10-17(13-26)21(29)25-19-6-4-18(22)5-7-19/h4-7,14,16-17H,8-13H2,1-3H3,(H,23,27)(H,24,28)(H,25,29)/t16-,17+/m0/s1. The fraction of sp³-hybridized carbons (Fsp3) is 0.571. The van der Waals surface area contributed by atoms with Crippen LogP contribution in [0, 0.1) is 23.6 Å². The van der Waals surface area contributed by atoms with Gasteiger partial charge in [-0.25, -0.2) is 4.39 Å². The van der Waals surface area contributed by atoms with Crippen LogP contribution in [-0.4, -0.2) is 55.3 Å². The second-order valence-corrected chi connectivity index (χ2v) is 8.01. The van der Waals surface area contributed by atoms with Crippen molar-refractivity contribution in [2.75, 3.05) is 38.0 Å². The number of likely N-dealkylation sites (tertiary alicyclic amines) is 1. The van der Waals surface area contributed by atoms with Crippen molar-refractivity contribution in [3.63, 3.8) is 0 Å². The third kappa shape index (κ3) is 7.81. The van der Waals surface area contributed by atoms with Crippen molar-refractivity contribution in [1.29, 1.82) is 0 Å². The van der Waals surface area contributed by atoms with Gasteiger partial charge in [-0.15, -0.1) is 0 Å². The summed E-state index contributed by atoms with van der Waals surface area (Å²) in [6.07, 6.45) is 0.452. The van der Waals surface area contributed by atoms with Crippen LogP contribution in [0.15, 0.2) is 24.3 Å². The monoisotopic (exact) mass is 406 g/mol. The number of hydrogen-bond acceptors (Lipinski definition) is 4. The number of nitrogens with zero attached hydrogens (tertiary/aromatic N) is 1. The third-order valence-electron chi connectivity index (χ3n) is 4.80. The number of piperidine rings is 1. The predicted octanol–water partition coefficient (Wildman–Crippen LogP) is 1.61. The molecule has 0 radical (unpaired) electrons. The van der Waals surface area contributed by atoms with Gasteiger partial charge in [0.1, 0.15) is 5.82 Å². The Labute approximate surface area is 171 Å². The van der Waals surface area contributed by atoms with Crippen LogP contribution in [0.2, 0.25) is 0 Å². The molecule has 1 heterocycles. The first-order chi connectivity index (χ1) is 13.7. The van der Waals surface area contributed by atoms with Crippen molar-refractivity contribution in [2.45, 2.75) is 27.2 Å². The Morgan fingerprint density at radius 2 is 1.62 bits per heavy atom. The average Bonchev–Trinajstić information content (AvgIpc) is 2.66. The average molecular weight is 407 g/mol. The summed E-state index contributed by atoms with van der Waals surface area (Å²) in [6.45, 7) is 8.34. The number of anilines is 1. The Kier molecular flexibility index (Phi) is 8.57. The van der Waals surface area contributed by atoms with Crippen molar-refractivity contribution in [1.82, 2.24) is 15.5 Å². The van der Waals surface area contributed by atoms with E-state index >= 15 is 0 Å². The van der Waals surface area contributed by atoms with E-state index in [0.717, 1.165) is 6.54 Å². The molecule has 3 N–H and O–H groups in total. The Balaban J connectivity index is 1.98. The minimum absolute atomic E-state index is 0.108. The highest BCUT2D eigenvalue weighted by Crippen LogP contribution is 2.24. The molecule has 160 valence electrons. The number of nitrogens with one attached hydrogen (secondary N) is 3. The molecule has 7 nitrogen and oxygen atoms in total. The summed E-state index contributed by atoms with van der Waals surface area (Å²) in [6, 6.07) is 5.64. The zero-order chi connectivity index (χ0) is 21.4. The number of hydrogen-bond donors (Lipinski definition) is 3. The van der Waals surface area contributed by atoms with Gasteiger partial charge in [-0.3, -0.25) is 14.4 Å². The molecule has 1 aliphatic rings. The second-order valence-electron chi connectivity index (χ2n) is 8.01. The molecule has 0 spiro atoms. The summed E-state index contributed by atoms with van der Waals surface area (Å²) in [5, 5.41) is 8.31. The summed E-state index contributed by atoms with van der Waals surface area (Å²) >= 11 is 0. The molecule has 2 atom stereocenters. The van der Waals surface area contributed by atoms with E-state index in [0.29, 0.717) is 44.2 Å². The van der Waals surface area contributed by atoms with Gasteiger partial charge in [0.25, 0.3) is 0 Å². The van der Waals surface area contributed by atoms with Gasteiger partial charge >= 0.3 is 0 Å². The number of carbonyl (C=O) groups is 3. The van der Waals surface area contributed by atoms with E-state index in [1.165, 1.54) is 31.2 Å². The first kappa shape index (κ1) is 22.8. The van der Waals surface area contributed by atoms with Crippen LogP contribution < -0.4 is 16.0 Å². The largest absolute Gasteiger partial charge is 0.355 e. The first-order valence-corrected chi connectivity index (χ1v) is 10.1. The maximum atomic E-state index is 13.1. The van der Waals surface area contributed by atoms with Crippen LogP contribution in [0.25, 0.3) is 0 Å². The molecule has 0 aliphatic carbocycles. The summed E-state index contributed by atoms with van der Waals surface area (Å²) in [5.41, 5.74) is 0.536. The van der Waals surface area contributed by atoms with Crippen LogP contribution >= 0.6 is 0 Å². The van der Waals surface area contributed by atoms with Crippen molar-refractivity contribution in [3.05, 3.63) is 30.1 Å². The quantitative estimate of drug-likeness (QED) is 0.572. The van der Waals surface area contributed by atoms with Crippen molar-refractivity contribution < 1.29 is 18.8 Å². The number of benzene rings is 1. The highest BCUT2D eigenvalue weighted by Gasteiger charge is 2.35. The van der Waals surface area contributed by atoms with Crippen molar-refractivity contribution in [2.24, 2.45) is 17.8 Å². The van der Waals surface area contributed by atoms with Gasteiger partial charge in [-0.1, -0.05) is 13.8 Å². The zero-order valence-corrected chi connectivity index (χ0v) is 17.3. The van der Waals surface area contributed by atoms with Gasteiger partial charge in [0.2, 0.25) is 17.7 Å². The lowest BCUT2D eigenvalue weighted by atomic mass is 9.87. The highest BCUT2D eigenvalue weighted by atomic mass is 19.1. The normalized spacial score (nSPS) is 19.6. The van der Waals surface area contributed by atoms with Crippen LogP contribution in [0.1, 0.15) is 27.2 Å². The smallest absolute Gasteiger partial charge is 0.228 e. The zero-order valence-electron chi connectivity index (χ0n) is 17.3. The Morgan fingerprint density at radius 3 is 2.21 bits per heavy atom. The molecular weight excluding hydrogens is 375 g/mol. The fourth-order valence-corrected chi connectivity index (χ4v) is 3.58.